The maximum Gasteiger partial charge on any atom is 0.410 e. The van der Waals surface area contributed by atoms with E-state index < -0.39 is 6.09 Å². The molecule has 0 bridgehead atoms. The molecular weight excluding hydrogens is 469 g/mol. The number of esters is 1. The number of hydrogen-bond donors (Lipinski definition) is 0. The Morgan fingerprint density at radius 2 is 1.71 bits per heavy atom. The van der Waals surface area contributed by atoms with Crippen LogP contribution in [0.25, 0.3) is 0 Å². The first-order valence-corrected chi connectivity index (χ1v) is 10.6. The van der Waals surface area contributed by atoms with Crippen LogP contribution in [0.15, 0.2) is 60.7 Å². The molecule has 3 rings (SSSR count). The first kappa shape index (κ1) is 20.6. The van der Waals surface area contributed by atoms with Crippen LogP contribution in [0.2, 0.25) is 0 Å². The highest BCUT2D eigenvalue weighted by Gasteiger charge is 2.36. The Bertz CT molecular complexity index is 784. The summed E-state index contributed by atoms with van der Waals surface area (Å²) in [6, 6.07) is 19.1. The summed E-state index contributed by atoms with van der Waals surface area (Å²) in [5, 5.41) is 0. The van der Waals surface area contributed by atoms with Gasteiger partial charge in [-0.3, -0.25) is 9.69 Å². The van der Waals surface area contributed by atoms with Crippen molar-refractivity contribution in [3.63, 3.8) is 0 Å². The van der Waals surface area contributed by atoms with Crippen LogP contribution in [0.1, 0.15) is 30.9 Å². The highest BCUT2D eigenvalue weighted by molar-refractivity contribution is 14.1. The van der Waals surface area contributed by atoms with Crippen molar-refractivity contribution in [3.8, 4) is 0 Å². The van der Waals surface area contributed by atoms with Crippen LogP contribution in [-0.4, -0.2) is 33.0 Å². The number of carbonyl (C=O) groups is 2. The van der Waals surface area contributed by atoms with E-state index in [-0.39, 0.29) is 28.6 Å². The molecule has 1 aliphatic rings. The fourth-order valence-corrected chi connectivity index (χ4v) is 3.71. The molecule has 0 spiro atoms. The molecule has 5 nitrogen and oxygen atoms in total. The standard InChI is InChI=1S/C22H24INO4/c1-16(20-13-12-19(23)21(25)28-20)24(14-17-8-4-2-5-9-17)22(26)27-15-18-10-6-3-7-11-18/h2-11,16,19-20H,12-15H2,1H3/t16-,19?,20-/m0/s1. The van der Waals surface area contributed by atoms with Gasteiger partial charge in [0, 0.05) is 6.54 Å². The monoisotopic (exact) mass is 493 g/mol. The van der Waals surface area contributed by atoms with Crippen molar-refractivity contribution in [1.29, 1.82) is 0 Å². The summed E-state index contributed by atoms with van der Waals surface area (Å²) in [6.07, 6.45) is 0.754. The quantitative estimate of drug-likeness (QED) is 0.332. The van der Waals surface area contributed by atoms with E-state index in [9.17, 15) is 9.59 Å². The zero-order valence-corrected chi connectivity index (χ0v) is 17.9. The van der Waals surface area contributed by atoms with Crippen LogP contribution in [0.5, 0.6) is 0 Å². The van der Waals surface area contributed by atoms with Crippen LogP contribution < -0.4 is 0 Å². The highest BCUT2D eigenvalue weighted by Crippen LogP contribution is 2.26. The van der Waals surface area contributed by atoms with Gasteiger partial charge in [0.05, 0.1) is 6.04 Å². The third-order valence-electron chi connectivity index (χ3n) is 4.89. The van der Waals surface area contributed by atoms with Crippen LogP contribution in [0.4, 0.5) is 4.79 Å². The Balaban J connectivity index is 1.72. The molecule has 148 valence electrons. The average molecular weight is 493 g/mol. The van der Waals surface area contributed by atoms with Crippen LogP contribution in [0, 0.1) is 0 Å². The smallest absolute Gasteiger partial charge is 0.410 e. The van der Waals surface area contributed by atoms with E-state index in [0.717, 1.165) is 24.0 Å². The van der Waals surface area contributed by atoms with Gasteiger partial charge in [0.15, 0.2) is 0 Å². The minimum absolute atomic E-state index is 0.117. The van der Waals surface area contributed by atoms with E-state index in [1.807, 2.05) is 67.6 Å². The Kier molecular flexibility index (Phi) is 7.30. The molecule has 1 heterocycles. The summed E-state index contributed by atoms with van der Waals surface area (Å²) < 4.78 is 11.0. The van der Waals surface area contributed by atoms with Crippen LogP contribution in [-0.2, 0) is 27.4 Å². The van der Waals surface area contributed by atoms with Gasteiger partial charge in [0.1, 0.15) is 16.6 Å². The lowest BCUT2D eigenvalue weighted by Gasteiger charge is -2.36. The van der Waals surface area contributed by atoms with Crippen molar-refractivity contribution in [3.05, 3.63) is 71.8 Å². The molecule has 1 aliphatic heterocycles. The highest BCUT2D eigenvalue weighted by atomic mass is 127. The van der Waals surface area contributed by atoms with Crippen molar-refractivity contribution >= 4 is 34.7 Å². The summed E-state index contributed by atoms with van der Waals surface area (Å²) in [6.45, 7) is 2.52. The molecule has 6 heteroatoms. The fraction of sp³-hybridized carbons (Fsp3) is 0.364. The van der Waals surface area contributed by atoms with Gasteiger partial charge in [-0.25, -0.2) is 4.79 Å². The molecule has 1 amide bonds. The molecule has 1 saturated heterocycles. The third-order valence-corrected chi connectivity index (χ3v) is 6.02. The van der Waals surface area contributed by atoms with E-state index in [1.165, 1.54) is 0 Å². The van der Waals surface area contributed by atoms with Crippen molar-refractivity contribution in [1.82, 2.24) is 4.90 Å². The molecule has 0 saturated carbocycles. The maximum atomic E-state index is 12.9. The number of carbonyl (C=O) groups excluding carboxylic acids is 2. The van der Waals surface area contributed by atoms with E-state index in [1.54, 1.807) is 4.90 Å². The third kappa shape index (κ3) is 5.47. The van der Waals surface area contributed by atoms with Gasteiger partial charge < -0.3 is 9.47 Å². The molecular formula is C22H24INO4. The number of nitrogens with zero attached hydrogens (tertiary/aromatic N) is 1. The maximum absolute atomic E-state index is 12.9. The molecule has 2 aromatic carbocycles. The minimum atomic E-state index is -0.409. The lowest BCUT2D eigenvalue weighted by atomic mass is 10.0. The van der Waals surface area contributed by atoms with Gasteiger partial charge in [-0.05, 0) is 30.9 Å². The first-order chi connectivity index (χ1) is 13.5. The van der Waals surface area contributed by atoms with E-state index in [2.05, 4.69) is 22.6 Å². The van der Waals surface area contributed by atoms with E-state index in [4.69, 9.17) is 9.47 Å². The van der Waals surface area contributed by atoms with Crippen LogP contribution >= 0.6 is 22.6 Å². The number of alkyl halides is 1. The van der Waals surface area contributed by atoms with Crippen molar-refractivity contribution in [2.24, 2.45) is 0 Å². The van der Waals surface area contributed by atoms with Gasteiger partial charge in [-0.2, -0.15) is 0 Å². The number of hydrogen-bond acceptors (Lipinski definition) is 4. The lowest BCUT2D eigenvalue weighted by Crippen LogP contribution is -2.49. The molecule has 3 atom stereocenters. The first-order valence-electron chi connectivity index (χ1n) is 9.40. The Morgan fingerprint density at radius 3 is 2.32 bits per heavy atom. The summed E-state index contributed by atoms with van der Waals surface area (Å²) in [5.74, 6) is -0.207. The van der Waals surface area contributed by atoms with E-state index >= 15 is 0 Å². The number of amides is 1. The van der Waals surface area contributed by atoms with Crippen molar-refractivity contribution in [2.75, 3.05) is 0 Å². The number of rotatable bonds is 6. The normalized spacial score (nSPS) is 20.1. The zero-order chi connectivity index (χ0) is 19.9. The van der Waals surface area contributed by atoms with Crippen molar-refractivity contribution < 1.29 is 19.1 Å². The second-order valence-corrected chi connectivity index (χ2v) is 8.42. The number of halogens is 1. The molecule has 0 radical (unpaired) electrons. The van der Waals surface area contributed by atoms with Crippen molar-refractivity contribution in [2.45, 2.75) is 49.0 Å². The van der Waals surface area contributed by atoms with Gasteiger partial charge >= 0.3 is 12.1 Å². The SMILES string of the molecule is C[C@@H]([C@@H]1CCC(I)C(=O)O1)N(Cc1ccccc1)C(=O)OCc1ccccc1. The molecule has 2 aromatic rings. The molecule has 1 fully saturated rings. The summed E-state index contributed by atoms with van der Waals surface area (Å²) >= 11 is 2.11. The zero-order valence-electron chi connectivity index (χ0n) is 15.8. The summed E-state index contributed by atoms with van der Waals surface area (Å²) in [7, 11) is 0. The fourth-order valence-electron chi connectivity index (χ4n) is 3.21. The second kappa shape index (κ2) is 9.91. The predicted molar refractivity (Wildman–Crippen MR) is 115 cm³/mol. The number of cyclic esters (lactones) is 1. The topological polar surface area (TPSA) is 55.8 Å². The van der Waals surface area contributed by atoms with Crippen LogP contribution in [0.3, 0.4) is 0 Å². The molecule has 0 aromatic heterocycles. The lowest BCUT2D eigenvalue weighted by molar-refractivity contribution is -0.156. The number of ether oxygens (including phenoxy) is 2. The summed E-state index contributed by atoms with van der Waals surface area (Å²) in [4.78, 5) is 26.6. The summed E-state index contributed by atoms with van der Waals surface area (Å²) in [5.41, 5.74) is 1.93. The average Bonchev–Trinajstić information content (AvgIpc) is 2.73. The Morgan fingerprint density at radius 1 is 1.11 bits per heavy atom. The molecule has 28 heavy (non-hydrogen) atoms. The van der Waals surface area contributed by atoms with Gasteiger partial charge in [0.2, 0.25) is 0 Å². The van der Waals surface area contributed by atoms with Gasteiger partial charge in [-0.1, -0.05) is 83.3 Å². The minimum Gasteiger partial charge on any atom is -0.459 e. The molecule has 0 N–H and O–H groups in total. The van der Waals surface area contributed by atoms with Gasteiger partial charge in [0.25, 0.3) is 0 Å². The molecule has 1 unspecified atom stereocenters. The van der Waals surface area contributed by atoms with Gasteiger partial charge in [-0.15, -0.1) is 0 Å². The predicted octanol–water partition coefficient (Wildman–Crippen LogP) is 4.72. The number of benzene rings is 2. The largest absolute Gasteiger partial charge is 0.459 e. The Labute approximate surface area is 179 Å². The molecule has 0 aliphatic carbocycles. The second-order valence-electron chi connectivity index (χ2n) is 6.91. The Hall–Kier alpha value is -2.09. The van der Waals surface area contributed by atoms with E-state index in [0.29, 0.717) is 6.54 Å².